The van der Waals surface area contributed by atoms with Gasteiger partial charge in [-0.15, -0.1) is 0 Å². The highest BCUT2D eigenvalue weighted by atomic mass is 19.4. The SMILES string of the molecule is N#C/C(=C/c1nccn1CC(F)(F)F)C(=O)Nc1ccc2c(c1)OCCO2. The van der Waals surface area contributed by atoms with E-state index in [4.69, 9.17) is 9.47 Å². The quantitative estimate of drug-likeness (QED) is 0.653. The van der Waals surface area contributed by atoms with Crippen molar-refractivity contribution in [1.29, 1.82) is 5.26 Å². The second-order valence-corrected chi connectivity index (χ2v) is 5.51. The number of carbonyl (C=O) groups is 1. The van der Waals surface area contributed by atoms with Gasteiger partial charge in [0.2, 0.25) is 0 Å². The number of imidazole rings is 1. The van der Waals surface area contributed by atoms with Crippen LogP contribution in [0, 0.1) is 11.3 Å². The number of hydrogen-bond donors (Lipinski definition) is 1. The third-order valence-corrected chi connectivity index (χ3v) is 3.54. The Bertz CT molecular complexity index is 928. The minimum absolute atomic E-state index is 0.152. The van der Waals surface area contributed by atoms with Crippen LogP contribution in [0.2, 0.25) is 0 Å². The van der Waals surface area contributed by atoms with E-state index in [0.717, 1.165) is 23.0 Å². The number of halogens is 3. The maximum Gasteiger partial charge on any atom is 0.406 e. The molecule has 1 aliphatic rings. The molecule has 0 spiro atoms. The third kappa shape index (κ3) is 4.58. The van der Waals surface area contributed by atoms with Crippen LogP contribution >= 0.6 is 0 Å². The Balaban J connectivity index is 1.78. The molecule has 7 nitrogen and oxygen atoms in total. The minimum Gasteiger partial charge on any atom is -0.486 e. The Morgan fingerprint density at radius 1 is 1.33 bits per heavy atom. The van der Waals surface area contributed by atoms with Crippen LogP contribution in [0.5, 0.6) is 11.5 Å². The van der Waals surface area contributed by atoms with Gasteiger partial charge in [-0.25, -0.2) is 4.98 Å². The van der Waals surface area contributed by atoms with E-state index in [9.17, 15) is 23.2 Å². The summed E-state index contributed by atoms with van der Waals surface area (Å²) in [7, 11) is 0. The molecule has 0 radical (unpaired) electrons. The molecule has 0 atom stereocenters. The molecule has 2 aromatic rings. The molecule has 0 bridgehead atoms. The Morgan fingerprint density at radius 3 is 2.78 bits per heavy atom. The molecule has 0 saturated carbocycles. The number of nitriles is 1. The van der Waals surface area contributed by atoms with E-state index in [1.165, 1.54) is 6.07 Å². The van der Waals surface area contributed by atoms with Gasteiger partial charge in [0.05, 0.1) is 0 Å². The van der Waals surface area contributed by atoms with E-state index >= 15 is 0 Å². The first kappa shape index (κ1) is 18.3. The summed E-state index contributed by atoms with van der Waals surface area (Å²) < 4.78 is 49.3. The predicted molar refractivity (Wildman–Crippen MR) is 87.9 cm³/mol. The second-order valence-electron chi connectivity index (χ2n) is 5.51. The molecule has 1 aliphatic heterocycles. The Kier molecular flexibility index (Phi) is 5.03. The molecule has 1 aromatic heterocycles. The standard InChI is InChI=1S/C17H13F3N4O3/c18-17(19,20)10-24-4-3-22-15(24)7-11(9-21)16(25)23-12-1-2-13-14(8-12)27-6-5-26-13/h1-4,7-8H,5-6,10H2,(H,23,25)/b11-7-. The molecule has 3 rings (SSSR count). The van der Waals surface area contributed by atoms with Crippen molar-refractivity contribution in [2.45, 2.75) is 12.7 Å². The van der Waals surface area contributed by atoms with Crippen LogP contribution < -0.4 is 14.8 Å². The number of nitrogens with one attached hydrogen (secondary N) is 1. The number of anilines is 1. The average molecular weight is 378 g/mol. The summed E-state index contributed by atoms with van der Waals surface area (Å²) in [5.74, 6) is 0.0451. The molecule has 1 N–H and O–H groups in total. The molecule has 10 heteroatoms. The largest absolute Gasteiger partial charge is 0.486 e. The van der Waals surface area contributed by atoms with Crippen LogP contribution in [-0.4, -0.2) is 34.8 Å². The number of rotatable bonds is 4. The fraction of sp³-hybridized carbons (Fsp3) is 0.235. The topological polar surface area (TPSA) is 89.2 Å². The summed E-state index contributed by atoms with van der Waals surface area (Å²) in [6, 6.07) is 6.37. The van der Waals surface area contributed by atoms with Gasteiger partial charge in [-0.3, -0.25) is 4.79 Å². The van der Waals surface area contributed by atoms with E-state index < -0.39 is 18.6 Å². The molecule has 1 amide bonds. The molecular formula is C17H13F3N4O3. The lowest BCUT2D eigenvalue weighted by molar-refractivity contribution is -0.140. The highest BCUT2D eigenvalue weighted by molar-refractivity contribution is 6.09. The van der Waals surface area contributed by atoms with Gasteiger partial charge in [-0.2, -0.15) is 18.4 Å². The molecule has 27 heavy (non-hydrogen) atoms. The van der Waals surface area contributed by atoms with Crippen molar-refractivity contribution in [3.05, 3.63) is 42.0 Å². The third-order valence-electron chi connectivity index (χ3n) is 3.54. The molecule has 0 saturated heterocycles. The molecule has 0 unspecified atom stereocenters. The first-order chi connectivity index (χ1) is 12.9. The zero-order valence-corrected chi connectivity index (χ0v) is 13.8. The van der Waals surface area contributed by atoms with Gasteiger partial charge >= 0.3 is 6.18 Å². The number of benzene rings is 1. The normalized spacial score (nSPS) is 13.8. The van der Waals surface area contributed by atoms with Crippen LogP contribution in [0.25, 0.3) is 6.08 Å². The van der Waals surface area contributed by atoms with Crippen molar-refractivity contribution in [1.82, 2.24) is 9.55 Å². The molecule has 2 heterocycles. The predicted octanol–water partition coefficient (Wildman–Crippen LogP) is 2.76. The Morgan fingerprint density at radius 2 is 2.07 bits per heavy atom. The molecular weight excluding hydrogens is 365 g/mol. The van der Waals surface area contributed by atoms with Crippen LogP contribution in [0.1, 0.15) is 5.82 Å². The number of alkyl halides is 3. The number of hydrogen-bond acceptors (Lipinski definition) is 5. The van der Waals surface area contributed by atoms with E-state index in [1.54, 1.807) is 18.2 Å². The Labute approximate surface area is 151 Å². The monoisotopic (exact) mass is 378 g/mol. The number of fused-ring (bicyclic) bond motifs is 1. The first-order valence-electron chi connectivity index (χ1n) is 7.76. The van der Waals surface area contributed by atoms with E-state index in [0.29, 0.717) is 30.4 Å². The van der Waals surface area contributed by atoms with E-state index in [1.807, 2.05) is 0 Å². The van der Waals surface area contributed by atoms with Gasteiger partial charge in [0, 0.05) is 30.2 Å². The number of aromatic nitrogens is 2. The van der Waals surface area contributed by atoms with Gasteiger partial charge in [0.25, 0.3) is 5.91 Å². The number of ether oxygens (including phenoxy) is 2. The highest BCUT2D eigenvalue weighted by Gasteiger charge is 2.28. The number of amides is 1. The first-order valence-corrected chi connectivity index (χ1v) is 7.76. The smallest absolute Gasteiger partial charge is 0.406 e. The van der Waals surface area contributed by atoms with E-state index in [2.05, 4.69) is 10.3 Å². The number of carbonyl (C=O) groups excluding carboxylic acids is 1. The van der Waals surface area contributed by atoms with Crippen LogP contribution in [0.4, 0.5) is 18.9 Å². The molecule has 140 valence electrons. The van der Waals surface area contributed by atoms with Gasteiger partial charge in [-0.1, -0.05) is 0 Å². The van der Waals surface area contributed by atoms with Crippen molar-refractivity contribution in [3.8, 4) is 17.6 Å². The summed E-state index contributed by atoms with van der Waals surface area (Å²) >= 11 is 0. The lowest BCUT2D eigenvalue weighted by Crippen LogP contribution is -2.19. The van der Waals surface area contributed by atoms with Crippen molar-refractivity contribution in [2.24, 2.45) is 0 Å². The van der Waals surface area contributed by atoms with Crippen LogP contribution in [-0.2, 0) is 11.3 Å². The zero-order chi connectivity index (χ0) is 19.4. The summed E-state index contributed by atoms with van der Waals surface area (Å²) in [4.78, 5) is 16.1. The molecule has 0 fully saturated rings. The molecule has 1 aromatic carbocycles. The molecule has 0 aliphatic carbocycles. The maximum absolute atomic E-state index is 12.6. The van der Waals surface area contributed by atoms with E-state index in [-0.39, 0.29) is 11.4 Å². The number of nitrogens with zero attached hydrogens (tertiary/aromatic N) is 3. The lowest BCUT2D eigenvalue weighted by atomic mass is 10.2. The fourth-order valence-electron chi connectivity index (χ4n) is 2.38. The van der Waals surface area contributed by atoms with Crippen LogP contribution in [0.3, 0.4) is 0 Å². The van der Waals surface area contributed by atoms with Crippen LogP contribution in [0.15, 0.2) is 36.2 Å². The van der Waals surface area contributed by atoms with Gasteiger partial charge in [-0.05, 0) is 12.1 Å². The van der Waals surface area contributed by atoms with Gasteiger partial charge < -0.3 is 19.4 Å². The minimum atomic E-state index is -4.45. The Hall–Kier alpha value is -3.48. The average Bonchev–Trinajstić information content (AvgIpc) is 3.04. The summed E-state index contributed by atoms with van der Waals surface area (Å²) in [6.07, 6.45) is -1.18. The van der Waals surface area contributed by atoms with Gasteiger partial charge in [0.1, 0.15) is 37.2 Å². The summed E-state index contributed by atoms with van der Waals surface area (Å²) in [5.41, 5.74) is -0.0384. The second kappa shape index (κ2) is 7.41. The highest BCUT2D eigenvalue weighted by Crippen LogP contribution is 2.32. The summed E-state index contributed by atoms with van der Waals surface area (Å²) in [6.45, 7) is -0.485. The van der Waals surface area contributed by atoms with Crippen molar-refractivity contribution in [3.63, 3.8) is 0 Å². The zero-order valence-electron chi connectivity index (χ0n) is 13.8. The fourth-order valence-corrected chi connectivity index (χ4v) is 2.38. The van der Waals surface area contributed by atoms with Crippen molar-refractivity contribution < 1.29 is 27.4 Å². The van der Waals surface area contributed by atoms with Crippen molar-refractivity contribution in [2.75, 3.05) is 18.5 Å². The maximum atomic E-state index is 12.6. The van der Waals surface area contributed by atoms with Crippen molar-refractivity contribution >= 4 is 17.7 Å². The summed E-state index contributed by atoms with van der Waals surface area (Å²) in [5, 5.41) is 11.7. The lowest BCUT2D eigenvalue weighted by Gasteiger charge is -2.18. The van der Waals surface area contributed by atoms with Gasteiger partial charge in [0.15, 0.2) is 11.5 Å².